The Labute approximate surface area is 177 Å². The molecule has 1 amide bonds. The summed E-state index contributed by atoms with van der Waals surface area (Å²) in [5.41, 5.74) is 0.541. The minimum atomic E-state index is -3.49. The van der Waals surface area contributed by atoms with Gasteiger partial charge in [0.1, 0.15) is 0 Å². The number of carbonyl (C=O) groups is 1. The summed E-state index contributed by atoms with van der Waals surface area (Å²) >= 11 is 6.02. The molecule has 0 atom stereocenters. The number of hydrogen-bond donors (Lipinski definition) is 0. The monoisotopic (exact) mass is 506 g/mol. The molecule has 1 aromatic carbocycles. The van der Waals surface area contributed by atoms with E-state index in [0.29, 0.717) is 52.1 Å². The van der Waals surface area contributed by atoms with E-state index in [1.54, 1.807) is 30.0 Å². The van der Waals surface area contributed by atoms with Crippen LogP contribution in [-0.2, 0) is 24.0 Å². The van der Waals surface area contributed by atoms with Crippen molar-refractivity contribution >= 4 is 55.5 Å². The van der Waals surface area contributed by atoms with Gasteiger partial charge in [-0.05, 0) is 0 Å². The third-order valence-electron chi connectivity index (χ3n) is 3.96. The molecule has 2 aromatic rings. The van der Waals surface area contributed by atoms with E-state index < -0.39 is 22.7 Å². The van der Waals surface area contributed by atoms with Gasteiger partial charge in [0.15, 0.2) is 0 Å². The van der Waals surface area contributed by atoms with Crippen molar-refractivity contribution < 1.29 is 22.7 Å². The summed E-state index contributed by atoms with van der Waals surface area (Å²) < 4.78 is 36.3. The number of aromatic nitrogens is 2. The number of benzene rings is 1. The van der Waals surface area contributed by atoms with Gasteiger partial charge in [-0.1, -0.05) is 0 Å². The molecule has 1 radical (unpaired) electrons. The summed E-state index contributed by atoms with van der Waals surface area (Å²) in [4.78, 5) is 13.8. The summed E-state index contributed by atoms with van der Waals surface area (Å²) in [5.74, 6) is 0. The van der Waals surface area contributed by atoms with Crippen molar-refractivity contribution in [2.75, 3.05) is 32.9 Å². The third kappa shape index (κ3) is 5.45. The van der Waals surface area contributed by atoms with Gasteiger partial charge in [0.2, 0.25) is 0 Å². The molecule has 1 aliphatic heterocycles. The zero-order valence-electron chi connectivity index (χ0n) is 15.0. The first-order valence-corrected chi connectivity index (χ1v) is 14.3. The zero-order valence-corrected chi connectivity index (χ0v) is 19.3. The summed E-state index contributed by atoms with van der Waals surface area (Å²) in [6.45, 7) is 3.92. The van der Waals surface area contributed by atoms with Crippen LogP contribution in [0.3, 0.4) is 0 Å². The molecule has 2 heterocycles. The molecule has 3 rings (SSSR count). The Morgan fingerprint density at radius 2 is 2.11 bits per heavy atom. The summed E-state index contributed by atoms with van der Waals surface area (Å²) in [6, 6.07) is 4.84. The molecular weight excluding hydrogens is 489 g/mol. The maximum absolute atomic E-state index is 12.7. The molecule has 0 bridgehead atoms. The number of morpholine rings is 1. The molecule has 0 N–H and O–H groups in total. The van der Waals surface area contributed by atoms with E-state index in [1.807, 2.05) is 0 Å². The predicted octanol–water partition coefficient (Wildman–Crippen LogP) is 1.23. The van der Waals surface area contributed by atoms with E-state index in [9.17, 15) is 13.2 Å². The van der Waals surface area contributed by atoms with Gasteiger partial charge in [-0.15, -0.1) is 0 Å². The van der Waals surface area contributed by atoms with Gasteiger partial charge in [-0.2, -0.15) is 0 Å². The molecule has 12 heteroatoms. The van der Waals surface area contributed by atoms with Gasteiger partial charge in [-0.25, -0.2) is 0 Å². The van der Waals surface area contributed by atoms with E-state index in [1.165, 1.54) is 11.3 Å². The average molecular weight is 507 g/mol. The fourth-order valence-corrected chi connectivity index (χ4v) is 10.9. The number of halogens is 1. The van der Waals surface area contributed by atoms with Crippen molar-refractivity contribution in [1.29, 1.82) is 0 Å². The standard InChI is InChI=1S/C16H18AsClN3O5S2/c1-11-12(18)3-2-4-13(11)28(23,24)17-15-20-19-14(27-15)5-8-26-16(22)21-6-9-25-10-7-21/h2-4H,5-10H2,1H3. The summed E-state index contributed by atoms with van der Waals surface area (Å²) in [6.07, 6.45) is 0.0175. The molecule has 8 nitrogen and oxygen atoms in total. The van der Waals surface area contributed by atoms with Crippen LogP contribution in [0.4, 0.5) is 4.79 Å². The van der Waals surface area contributed by atoms with Gasteiger partial charge in [0, 0.05) is 0 Å². The molecule has 151 valence electrons. The Morgan fingerprint density at radius 3 is 2.86 bits per heavy atom. The number of nitrogens with zero attached hydrogens (tertiary/aromatic N) is 3. The van der Waals surface area contributed by atoms with Crippen LogP contribution < -0.4 is 3.80 Å². The fraction of sp³-hybridized carbons (Fsp3) is 0.438. The van der Waals surface area contributed by atoms with Crippen LogP contribution in [0.5, 0.6) is 0 Å². The number of ether oxygens (including phenoxy) is 2. The molecule has 0 saturated carbocycles. The predicted molar refractivity (Wildman–Crippen MR) is 106 cm³/mol. The second-order valence-electron chi connectivity index (χ2n) is 5.87. The van der Waals surface area contributed by atoms with Crippen molar-refractivity contribution in [3.8, 4) is 0 Å². The second kappa shape index (κ2) is 9.54. The van der Waals surface area contributed by atoms with Gasteiger partial charge in [0.05, 0.1) is 0 Å². The number of carbonyl (C=O) groups excluding carboxylic acids is 1. The van der Waals surface area contributed by atoms with Crippen molar-refractivity contribution in [3.05, 3.63) is 33.8 Å². The minimum absolute atomic E-state index is 0.168. The summed E-state index contributed by atoms with van der Waals surface area (Å²) in [7, 11) is -3.49. The Morgan fingerprint density at radius 1 is 1.36 bits per heavy atom. The molecule has 28 heavy (non-hydrogen) atoms. The van der Waals surface area contributed by atoms with Crippen molar-refractivity contribution in [2.24, 2.45) is 0 Å². The second-order valence-corrected chi connectivity index (χ2v) is 14.6. The van der Waals surface area contributed by atoms with E-state index in [2.05, 4.69) is 10.2 Å². The van der Waals surface area contributed by atoms with Gasteiger partial charge < -0.3 is 0 Å². The first-order chi connectivity index (χ1) is 13.4. The fourth-order valence-electron chi connectivity index (χ4n) is 2.46. The summed E-state index contributed by atoms with van der Waals surface area (Å²) in [5, 5.41) is 9.07. The van der Waals surface area contributed by atoms with Crippen LogP contribution in [0, 0.1) is 6.92 Å². The topological polar surface area (TPSA) is 98.7 Å². The van der Waals surface area contributed by atoms with Crippen molar-refractivity contribution in [1.82, 2.24) is 15.1 Å². The van der Waals surface area contributed by atoms with Crippen LogP contribution >= 0.6 is 22.9 Å². The first kappa shape index (κ1) is 21.5. The maximum atomic E-state index is 12.7. The first-order valence-electron chi connectivity index (χ1n) is 8.42. The van der Waals surface area contributed by atoms with E-state index in [4.69, 9.17) is 21.1 Å². The van der Waals surface area contributed by atoms with Crippen molar-refractivity contribution in [2.45, 2.75) is 18.2 Å². The molecule has 0 spiro atoms. The van der Waals surface area contributed by atoms with Gasteiger partial charge in [0.25, 0.3) is 0 Å². The van der Waals surface area contributed by atoms with E-state index >= 15 is 0 Å². The quantitative estimate of drug-likeness (QED) is 0.543. The molecule has 1 aliphatic rings. The number of rotatable bonds is 6. The number of hydrogen-bond acceptors (Lipinski definition) is 8. The van der Waals surface area contributed by atoms with Crippen LogP contribution in [-0.4, -0.2) is 77.1 Å². The Kier molecular flexibility index (Phi) is 7.33. The zero-order chi connectivity index (χ0) is 20.1. The Hall–Kier alpha value is -1.19. The van der Waals surface area contributed by atoms with Crippen molar-refractivity contribution in [3.63, 3.8) is 0 Å². The van der Waals surface area contributed by atoms with Crippen LogP contribution in [0.25, 0.3) is 0 Å². The normalized spacial score (nSPS) is 15.3. The molecule has 1 fully saturated rings. The van der Waals surface area contributed by atoms with Gasteiger partial charge in [-0.3, -0.25) is 0 Å². The van der Waals surface area contributed by atoms with Gasteiger partial charge >= 0.3 is 178 Å². The average Bonchev–Trinajstić information content (AvgIpc) is 3.11. The van der Waals surface area contributed by atoms with E-state index in [0.717, 1.165) is 0 Å². The third-order valence-corrected chi connectivity index (χ3v) is 12.2. The molecule has 1 aromatic heterocycles. The number of amides is 1. The molecule has 1 saturated heterocycles. The van der Waals surface area contributed by atoms with Crippen LogP contribution in [0.15, 0.2) is 23.1 Å². The van der Waals surface area contributed by atoms with Crippen LogP contribution in [0.1, 0.15) is 10.6 Å². The molecular formula is C16H18AsClN3O5S2. The Bertz CT molecular complexity index is 948. The molecule has 0 aliphatic carbocycles. The Balaban J connectivity index is 1.55. The molecule has 0 unspecified atom stereocenters. The van der Waals surface area contributed by atoms with E-state index in [-0.39, 0.29) is 17.6 Å². The SMILES string of the molecule is Cc1c(Cl)cccc1S(=O)(=O)[As]c1nnc(CCOC(=O)N2CCOCC2)s1. The van der Waals surface area contributed by atoms with Crippen LogP contribution in [0.2, 0.25) is 5.02 Å².